The monoisotopic (exact) mass is 269 g/mol. The smallest absolute Gasteiger partial charge is 0.207 e. The van der Waals surface area contributed by atoms with Crippen LogP contribution in [-0.2, 0) is 15.2 Å². The molecule has 8 heteroatoms. The molecule has 0 atom stereocenters. The lowest BCUT2D eigenvalue weighted by Crippen LogP contribution is -2.11. The van der Waals surface area contributed by atoms with Crippen molar-refractivity contribution in [1.82, 2.24) is 0 Å². The Morgan fingerprint density at radius 2 is 1.88 bits per heavy atom. The number of nitrogens with zero attached hydrogens (tertiary/aromatic N) is 1. The Hall–Kier alpha value is -1.26. The first-order chi connectivity index (χ1) is 7.16. The predicted octanol–water partition coefficient (Wildman–Crippen LogP) is 2.50. The molecule has 0 spiro atoms. The Bertz CT molecular complexity index is 560. The van der Waals surface area contributed by atoms with Gasteiger partial charge in [-0.3, -0.25) is 0 Å². The van der Waals surface area contributed by atoms with Crippen LogP contribution in [0.25, 0.3) is 0 Å². The Morgan fingerprint density at radius 3 is 2.25 bits per heavy atom. The van der Waals surface area contributed by atoms with Gasteiger partial charge in [0.15, 0.2) is 0 Å². The maximum atomic E-state index is 12.5. The Labute approximate surface area is 93.5 Å². The fraction of sp³-hybridized carbons (Fsp3) is 0.125. The van der Waals surface area contributed by atoms with Gasteiger partial charge in [0, 0.05) is 10.7 Å². The van der Waals surface area contributed by atoms with Gasteiger partial charge in [-0.15, -0.1) is 0 Å². The van der Waals surface area contributed by atoms with E-state index >= 15 is 0 Å². The van der Waals surface area contributed by atoms with Crippen molar-refractivity contribution in [2.24, 2.45) is 0 Å². The zero-order valence-corrected chi connectivity index (χ0v) is 8.99. The molecule has 86 valence electrons. The zero-order chi connectivity index (χ0) is 12.6. The SMILES string of the molecule is N#Cc1ccc(S(=O)(=O)Cl)c(C(F)(F)F)c1. The molecule has 0 bridgehead atoms. The van der Waals surface area contributed by atoms with E-state index in [9.17, 15) is 21.6 Å². The molecule has 0 aliphatic rings. The molecule has 0 heterocycles. The molecular weight excluding hydrogens is 267 g/mol. The van der Waals surface area contributed by atoms with Crippen molar-refractivity contribution in [2.75, 3.05) is 0 Å². The molecule has 0 amide bonds. The van der Waals surface area contributed by atoms with E-state index in [-0.39, 0.29) is 5.56 Å². The van der Waals surface area contributed by atoms with Crippen molar-refractivity contribution in [3.05, 3.63) is 29.3 Å². The highest BCUT2D eigenvalue weighted by Gasteiger charge is 2.37. The number of nitriles is 1. The molecule has 0 radical (unpaired) electrons. The summed E-state index contributed by atoms with van der Waals surface area (Å²) in [5.41, 5.74) is -1.74. The second kappa shape index (κ2) is 3.96. The van der Waals surface area contributed by atoms with E-state index in [1.165, 1.54) is 6.07 Å². The lowest BCUT2D eigenvalue weighted by Gasteiger charge is -2.10. The second-order valence-electron chi connectivity index (χ2n) is 2.76. The van der Waals surface area contributed by atoms with Crippen molar-refractivity contribution < 1.29 is 21.6 Å². The molecule has 1 rings (SSSR count). The molecule has 16 heavy (non-hydrogen) atoms. The van der Waals surface area contributed by atoms with E-state index in [1.807, 2.05) is 0 Å². The average molecular weight is 270 g/mol. The van der Waals surface area contributed by atoms with Gasteiger partial charge in [0.2, 0.25) is 0 Å². The number of rotatable bonds is 1. The van der Waals surface area contributed by atoms with Gasteiger partial charge in [0.25, 0.3) is 9.05 Å². The highest BCUT2D eigenvalue weighted by Crippen LogP contribution is 2.35. The standard InChI is InChI=1S/C8H3ClF3NO2S/c9-16(14,15)7-2-1-5(4-13)3-6(7)8(10,11)12/h1-3H. The van der Waals surface area contributed by atoms with Gasteiger partial charge in [0.1, 0.15) is 0 Å². The minimum atomic E-state index is -4.88. The fourth-order valence-corrected chi connectivity index (χ4v) is 2.11. The number of halogens is 4. The highest BCUT2D eigenvalue weighted by atomic mass is 35.7. The molecule has 0 unspecified atom stereocenters. The minimum absolute atomic E-state index is 0.295. The molecule has 0 saturated carbocycles. The lowest BCUT2D eigenvalue weighted by molar-refractivity contribution is -0.139. The van der Waals surface area contributed by atoms with Gasteiger partial charge < -0.3 is 0 Å². The molecule has 3 nitrogen and oxygen atoms in total. The van der Waals surface area contributed by atoms with Crippen molar-refractivity contribution in [3.63, 3.8) is 0 Å². The first kappa shape index (κ1) is 12.8. The summed E-state index contributed by atoms with van der Waals surface area (Å²) in [6.07, 6.45) is -4.88. The fourth-order valence-electron chi connectivity index (χ4n) is 1.03. The number of benzene rings is 1. The first-order valence-corrected chi connectivity index (χ1v) is 6.03. The molecule has 0 fully saturated rings. The summed E-state index contributed by atoms with van der Waals surface area (Å²) in [6.45, 7) is 0. The topological polar surface area (TPSA) is 57.9 Å². The summed E-state index contributed by atoms with van der Waals surface area (Å²) < 4.78 is 59.2. The van der Waals surface area contributed by atoms with Crippen molar-refractivity contribution >= 4 is 19.7 Å². The van der Waals surface area contributed by atoms with Crippen LogP contribution in [0.4, 0.5) is 13.2 Å². The predicted molar refractivity (Wildman–Crippen MR) is 49.2 cm³/mol. The van der Waals surface area contributed by atoms with Crippen molar-refractivity contribution in [1.29, 1.82) is 5.26 Å². The van der Waals surface area contributed by atoms with E-state index in [4.69, 9.17) is 15.9 Å². The van der Waals surface area contributed by atoms with Crippen LogP contribution in [0.3, 0.4) is 0 Å². The molecule has 0 aliphatic heterocycles. The molecule has 0 N–H and O–H groups in total. The van der Waals surface area contributed by atoms with Crippen molar-refractivity contribution in [2.45, 2.75) is 11.1 Å². The maximum absolute atomic E-state index is 12.5. The van der Waals surface area contributed by atoms with Gasteiger partial charge in [-0.25, -0.2) is 8.42 Å². The summed E-state index contributed by atoms with van der Waals surface area (Å²) in [5.74, 6) is 0. The van der Waals surface area contributed by atoms with Gasteiger partial charge in [-0.1, -0.05) is 0 Å². The second-order valence-corrected chi connectivity index (χ2v) is 5.29. The summed E-state index contributed by atoms with van der Waals surface area (Å²) in [5, 5.41) is 8.42. The van der Waals surface area contributed by atoms with Crippen LogP contribution in [0.2, 0.25) is 0 Å². The third kappa shape index (κ3) is 2.65. The largest absolute Gasteiger partial charge is 0.417 e. The number of hydrogen-bond donors (Lipinski definition) is 0. The van der Waals surface area contributed by atoms with Gasteiger partial charge in [0.05, 0.1) is 22.1 Å². The Balaban J connectivity index is 3.60. The van der Waals surface area contributed by atoms with Crippen LogP contribution >= 0.6 is 10.7 Å². The van der Waals surface area contributed by atoms with Crippen LogP contribution in [-0.4, -0.2) is 8.42 Å². The number of hydrogen-bond acceptors (Lipinski definition) is 3. The van der Waals surface area contributed by atoms with E-state index in [2.05, 4.69) is 0 Å². The summed E-state index contributed by atoms with van der Waals surface area (Å²) in [4.78, 5) is -1.05. The number of alkyl halides is 3. The highest BCUT2D eigenvalue weighted by molar-refractivity contribution is 8.13. The molecule has 1 aromatic carbocycles. The Kier molecular flexibility index (Phi) is 3.17. The molecule has 1 aromatic rings. The van der Waals surface area contributed by atoms with Gasteiger partial charge >= 0.3 is 6.18 Å². The van der Waals surface area contributed by atoms with Crippen LogP contribution in [0, 0.1) is 11.3 Å². The summed E-state index contributed by atoms with van der Waals surface area (Å²) >= 11 is 0. The average Bonchev–Trinajstić information content (AvgIpc) is 2.14. The van der Waals surface area contributed by atoms with E-state index < -0.39 is 25.7 Å². The van der Waals surface area contributed by atoms with E-state index in [1.54, 1.807) is 0 Å². The van der Waals surface area contributed by atoms with E-state index in [0.717, 1.165) is 6.07 Å². The molecule has 0 aliphatic carbocycles. The summed E-state index contributed by atoms with van der Waals surface area (Å²) in [7, 11) is 0.356. The van der Waals surface area contributed by atoms with Crippen LogP contribution in [0.15, 0.2) is 23.1 Å². The van der Waals surface area contributed by atoms with Crippen LogP contribution < -0.4 is 0 Å². The first-order valence-electron chi connectivity index (χ1n) is 3.72. The van der Waals surface area contributed by atoms with Gasteiger partial charge in [-0.2, -0.15) is 18.4 Å². The van der Waals surface area contributed by atoms with Crippen LogP contribution in [0.1, 0.15) is 11.1 Å². The Morgan fingerprint density at radius 1 is 1.31 bits per heavy atom. The third-order valence-corrected chi connectivity index (χ3v) is 3.06. The third-order valence-electron chi connectivity index (χ3n) is 1.68. The van der Waals surface area contributed by atoms with Crippen molar-refractivity contribution in [3.8, 4) is 6.07 Å². The lowest BCUT2D eigenvalue weighted by atomic mass is 10.1. The zero-order valence-electron chi connectivity index (χ0n) is 7.42. The van der Waals surface area contributed by atoms with Gasteiger partial charge in [-0.05, 0) is 18.2 Å². The summed E-state index contributed by atoms with van der Waals surface area (Å²) in [6, 6.07) is 3.53. The normalized spacial score (nSPS) is 12.2. The minimum Gasteiger partial charge on any atom is -0.207 e. The van der Waals surface area contributed by atoms with E-state index in [0.29, 0.717) is 12.1 Å². The molecule has 0 saturated heterocycles. The molecule has 0 aromatic heterocycles. The maximum Gasteiger partial charge on any atom is 0.417 e. The molecular formula is C8H3ClF3NO2S. The van der Waals surface area contributed by atoms with Crippen LogP contribution in [0.5, 0.6) is 0 Å². The quantitative estimate of drug-likeness (QED) is 0.736.